The number of aliphatic hydroxyl groups excluding tert-OH is 2. The zero-order valence-corrected chi connectivity index (χ0v) is 9.16. The maximum Gasteiger partial charge on any atom is 0.335 e. The van der Waals surface area contributed by atoms with Crippen molar-refractivity contribution in [1.82, 2.24) is 0 Å². The third-order valence-corrected chi connectivity index (χ3v) is 2.46. The number of hydrogen-bond donors (Lipinski definition) is 3. The average molecular weight is 267 g/mol. The highest BCUT2D eigenvalue weighted by atomic mass is 35.5. The second kappa shape index (κ2) is 5.39. The topological polar surface area (TPSA) is 77.8 Å². The van der Waals surface area contributed by atoms with Gasteiger partial charge in [-0.1, -0.05) is 0 Å². The maximum absolute atomic E-state index is 13.4. The summed E-state index contributed by atoms with van der Waals surface area (Å²) in [4.78, 5) is 10.5. The first-order chi connectivity index (χ1) is 7.88. The van der Waals surface area contributed by atoms with E-state index in [4.69, 9.17) is 16.7 Å². The van der Waals surface area contributed by atoms with Gasteiger partial charge in [0, 0.05) is 0 Å². The number of aromatic carboxylic acids is 1. The summed E-state index contributed by atoms with van der Waals surface area (Å²) >= 11 is 5.23. The van der Waals surface area contributed by atoms with Crippen molar-refractivity contribution in [2.45, 2.75) is 12.2 Å². The van der Waals surface area contributed by atoms with Gasteiger partial charge in [0.15, 0.2) is 0 Å². The van der Waals surface area contributed by atoms with Crippen LogP contribution in [-0.2, 0) is 0 Å². The van der Waals surface area contributed by atoms with Crippen molar-refractivity contribution in [2.24, 2.45) is 0 Å². The molecule has 0 aliphatic rings. The molecule has 0 saturated heterocycles. The normalized spacial score (nSPS) is 14.4. The van der Waals surface area contributed by atoms with Crippen LogP contribution in [0.1, 0.15) is 22.0 Å². The summed E-state index contributed by atoms with van der Waals surface area (Å²) in [5.41, 5.74) is -1.39. The van der Waals surface area contributed by atoms with Gasteiger partial charge in [-0.15, -0.1) is 11.6 Å². The molecule has 0 aliphatic heterocycles. The lowest BCUT2D eigenvalue weighted by atomic mass is 10.0. The van der Waals surface area contributed by atoms with Gasteiger partial charge in [-0.3, -0.25) is 0 Å². The fraction of sp³-hybridized carbons (Fsp3) is 0.300. The minimum atomic E-state index is -1.85. The average Bonchev–Trinajstić information content (AvgIpc) is 2.26. The molecule has 17 heavy (non-hydrogen) atoms. The van der Waals surface area contributed by atoms with E-state index in [9.17, 15) is 23.8 Å². The Morgan fingerprint density at radius 2 is 1.76 bits per heavy atom. The molecule has 0 bridgehead atoms. The summed E-state index contributed by atoms with van der Waals surface area (Å²) in [7, 11) is 0. The SMILES string of the molecule is O=C(O)c1cc(F)c(C(O)C(O)CCl)c(F)c1. The molecule has 0 aliphatic carbocycles. The summed E-state index contributed by atoms with van der Waals surface area (Å²) < 4.78 is 26.8. The molecule has 2 unspecified atom stereocenters. The fourth-order valence-electron chi connectivity index (χ4n) is 1.27. The van der Waals surface area contributed by atoms with Crippen molar-refractivity contribution < 1.29 is 28.9 Å². The number of alkyl halides is 1. The van der Waals surface area contributed by atoms with Gasteiger partial charge in [-0.05, 0) is 12.1 Å². The Kier molecular flexibility index (Phi) is 4.39. The van der Waals surface area contributed by atoms with Crippen molar-refractivity contribution >= 4 is 17.6 Å². The molecule has 0 fully saturated rings. The van der Waals surface area contributed by atoms with E-state index >= 15 is 0 Å². The number of rotatable bonds is 4. The van der Waals surface area contributed by atoms with Crippen LogP contribution < -0.4 is 0 Å². The maximum atomic E-state index is 13.4. The molecule has 1 rings (SSSR count). The molecule has 0 saturated carbocycles. The number of carboxylic acids is 1. The highest BCUT2D eigenvalue weighted by Crippen LogP contribution is 2.25. The van der Waals surface area contributed by atoms with Crippen LogP contribution in [0.3, 0.4) is 0 Å². The summed E-state index contributed by atoms with van der Waals surface area (Å²) in [6.07, 6.45) is -3.40. The molecule has 0 amide bonds. The van der Waals surface area contributed by atoms with Gasteiger partial charge in [-0.25, -0.2) is 13.6 Å². The van der Waals surface area contributed by atoms with E-state index in [-0.39, 0.29) is 0 Å². The van der Waals surface area contributed by atoms with E-state index in [1.165, 1.54) is 0 Å². The highest BCUT2D eigenvalue weighted by Gasteiger charge is 2.26. The van der Waals surface area contributed by atoms with E-state index in [0.717, 1.165) is 0 Å². The van der Waals surface area contributed by atoms with E-state index < -0.39 is 46.8 Å². The Balaban J connectivity index is 3.22. The van der Waals surface area contributed by atoms with Crippen molar-refractivity contribution in [3.8, 4) is 0 Å². The summed E-state index contributed by atoms with van der Waals surface area (Å²) in [6.45, 7) is 0. The molecule has 0 aromatic heterocycles. The molecular formula is C10H9ClF2O4. The predicted molar refractivity (Wildman–Crippen MR) is 55.0 cm³/mol. The van der Waals surface area contributed by atoms with E-state index in [1.807, 2.05) is 0 Å². The number of carbonyl (C=O) groups is 1. The highest BCUT2D eigenvalue weighted by molar-refractivity contribution is 6.18. The second-order valence-corrected chi connectivity index (χ2v) is 3.63. The Morgan fingerprint density at radius 1 is 1.29 bits per heavy atom. The van der Waals surface area contributed by atoms with Crippen LogP contribution in [0.25, 0.3) is 0 Å². The van der Waals surface area contributed by atoms with Crippen LogP contribution in [0.5, 0.6) is 0 Å². The van der Waals surface area contributed by atoms with Crippen molar-refractivity contribution in [2.75, 3.05) is 5.88 Å². The monoisotopic (exact) mass is 266 g/mol. The molecule has 0 spiro atoms. The van der Waals surface area contributed by atoms with Crippen LogP contribution in [0.15, 0.2) is 12.1 Å². The minimum Gasteiger partial charge on any atom is -0.478 e. The lowest BCUT2D eigenvalue weighted by Crippen LogP contribution is -2.22. The lowest BCUT2D eigenvalue weighted by molar-refractivity contribution is 0.0280. The Hall–Kier alpha value is -1.24. The van der Waals surface area contributed by atoms with Crippen LogP contribution in [0, 0.1) is 11.6 Å². The molecular weight excluding hydrogens is 258 g/mol. The molecule has 2 atom stereocenters. The van der Waals surface area contributed by atoms with Gasteiger partial charge < -0.3 is 15.3 Å². The predicted octanol–water partition coefficient (Wildman–Crippen LogP) is 1.30. The number of benzene rings is 1. The van der Waals surface area contributed by atoms with Gasteiger partial charge in [0.05, 0.1) is 23.1 Å². The number of carboxylic acid groups (broad SMARTS) is 1. The van der Waals surface area contributed by atoms with Crippen LogP contribution in [0.2, 0.25) is 0 Å². The van der Waals surface area contributed by atoms with Gasteiger partial charge in [0.25, 0.3) is 0 Å². The molecule has 1 aromatic rings. The molecule has 0 heterocycles. The number of aliphatic hydroxyl groups is 2. The van der Waals surface area contributed by atoms with Crippen molar-refractivity contribution in [3.05, 3.63) is 34.9 Å². The van der Waals surface area contributed by atoms with Crippen LogP contribution in [-0.4, -0.2) is 33.3 Å². The quantitative estimate of drug-likeness (QED) is 0.718. The Bertz CT molecular complexity index is 415. The number of hydrogen-bond acceptors (Lipinski definition) is 3. The third-order valence-electron chi connectivity index (χ3n) is 2.14. The van der Waals surface area contributed by atoms with Crippen molar-refractivity contribution in [1.29, 1.82) is 0 Å². The molecule has 3 N–H and O–H groups in total. The fourth-order valence-corrected chi connectivity index (χ4v) is 1.44. The van der Waals surface area contributed by atoms with Crippen LogP contribution >= 0.6 is 11.6 Å². The standard InChI is InChI=1S/C10H9ClF2O4/c11-3-7(14)9(15)8-5(12)1-4(10(16)17)2-6(8)13/h1-2,7,9,14-15H,3H2,(H,16,17). The van der Waals surface area contributed by atoms with Gasteiger partial charge in [-0.2, -0.15) is 0 Å². The second-order valence-electron chi connectivity index (χ2n) is 3.33. The zero-order valence-electron chi connectivity index (χ0n) is 8.40. The lowest BCUT2D eigenvalue weighted by Gasteiger charge is -2.17. The van der Waals surface area contributed by atoms with Crippen LogP contribution in [0.4, 0.5) is 8.78 Å². The Morgan fingerprint density at radius 3 is 2.12 bits per heavy atom. The largest absolute Gasteiger partial charge is 0.478 e. The first-order valence-electron chi connectivity index (χ1n) is 4.52. The molecule has 0 radical (unpaired) electrons. The summed E-state index contributed by atoms with van der Waals surface area (Å²) in [5.74, 6) is -4.42. The van der Waals surface area contributed by atoms with Crippen molar-refractivity contribution in [3.63, 3.8) is 0 Å². The Labute approximate surface area is 100 Å². The van der Waals surface area contributed by atoms with E-state index in [0.29, 0.717) is 12.1 Å². The third kappa shape index (κ3) is 2.91. The van der Waals surface area contributed by atoms with E-state index in [1.54, 1.807) is 0 Å². The molecule has 1 aromatic carbocycles. The molecule has 4 nitrogen and oxygen atoms in total. The van der Waals surface area contributed by atoms with Gasteiger partial charge in [0.2, 0.25) is 0 Å². The smallest absolute Gasteiger partial charge is 0.335 e. The van der Waals surface area contributed by atoms with Gasteiger partial charge in [0.1, 0.15) is 17.7 Å². The minimum absolute atomic E-state index is 0.416. The summed E-state index contributed by atoms with van der Waals surface area (Å²) in [6, 6.07) is 1.12. The number of halogens is 3. The summed E-state index contributed by atoms with van der Waals surface area (Å²) in [5, 5.41) is 27.1. The van der Waals surface area contributed by atoms with Gasteiger partial charge >= 0.3 is 5.97 Å². The first kappa shape index (κ1) is 13.8. The first-order valence-corrected chi connectivity index (χ1v) is 5.06. The molecule has 94 valence electrons. The van der Waals surface area contributed by atoms with E-state index in [2.05, 4.69) is 0 Å². The zero-order chi connectivity index (χ0) is 13.2. The molecule has 7 heteroatoms.